The molecule has 1 N–H and O–H groups in total. The summed E-state index contributed by atoms with van der Waals surface area (Å²) in [6.07, 6.45) is 0.731. The van der Waals surface area contributed by atoms with Crippen molar-refractivity contribution in [1.29, 1.82) is 0 Å². The van der Waals surface area contributed by atoms with Crippen LogP contribution in [0.5, 0.6) is 0 Å². The van der Waals surface area contributed by atoms with Gasteiger partial charge in [-0.15, -0.1) is 0 Å². The van der Waals surface area contributed by atoms with Crippen LogP contribution in [0.3, 0.4) is 0 Å². The average molecular weight is 302 g/mol. The van der Waals surface area contributed by atoms with Crippen LogP contribution >= 0.6 is 0 Å². The number of nitrogens with zero attached hydrogens (tertiary/aromatic N) is 1. The van der Waals surface area contributed by atoms with E-state index in [0.717, 1.165) is 19.5 Å². The number of hydrogen-bond acceptors (Lipinski definition) is 3. The molecule has 1 unspecified atom stereocenters. The fourth-order valence-electron chi connectivity index (χ4n) is 2.43. The Balaban J connectivity index is 1.66. The van der Waals surface area contributed by atoms with Gasteiger partial charge >= 0.3 is 0 Å². The summed E-state index contributed by atoms with van der Waals surface area (Å²) >= 11 is 0. The van der Waals surface area contributed by atoms with Crippen molar-refractivity contribution >= 4 is 10.0 Å². The lowest BCUT2D eigenvalue weighted by Gasteiger charge is -2.41. The van der Waals surface area contributed by atoms with E-state index in [-0.39, 0.29) is 6.17 Å². The number of nitrogens with one attached hydrogen (secondary N) is 1. The van der Waals surface area contributed by atoms with E-state index in [2.05, 4.69) is 21.8 Å². The topological polar surface area (TPSA) is 49.4 Å². The molecule has 1 fully saturated rings. The molecule has 0 bridgehead atoms. The fraction of sp³-hybridized carbons (Fsp3) is 0.250. The summed E-state index contributed by atoms with van der Waals surface area (Å²) in [5.41, 5.74) is 1.20. The minimum Gasteiger partial charge on any atom is -0.283 e. The van der Waals surface area contributed by atoms with Crippen LogP contribution in [0.1, 0.15) is 12.0 Å². The zero-order chi connectivity index (χ0) is 14.7. The van der Waals surface area contributed by atoms with E-state index < -0.39 is 10.0 Å². The van der Waals surface area contributed by atoms with Crippen molar-refractivity contribution in [3.63, 3.8) is 0 Å². The first-order chi connectivity index (χ1) is 10.1. The van der Waals surface area contributed by atoms with Gasteiger partial charge in [-0.25, -0.2) is 8.42 Å². The molecule has 110 valence electrons. The third-order valence-corrected chi connectivity index (χ3v) is 5.18. The van der Waals surface area contributed by atoms with Gasteiger partial charge < -0.3 is 0 Å². The molecule has 21 heavy (non-hydrogen) atoms. The summed E-state index contributed by atoms with van der Waals surface area (Å²) in [6, 6.07) is 18.6. The smallest absolute Gasteiger partial charge is 0.241 e. The van der Waals surface area contributed by atoms with E-state index in [1.165, 1.54) is 5.56 Å². The van der Waals surface area contributed by atoms with Gasteiger partial charge in [0.25, 0.3) is 0 Å². The lowest BCUT2D eigenvalue weighted by molar-refractivity contribution is 0.0738. The number of rotatable bonds is 5. The maximum Gasteiger partial charge on any atom is 0.241 e. The Bertz CT molecular complexity index is 687. The van der Waals surface area contributed by atoms with Crippen LogP contribution in [0, 0.1) is 0 Å². The van der Waals surface area contributed by atoms with E-state index in [1.807, 2.05) is 24.3 Å². The highest BCUT2D eigenvalue weighted by Gasteiger charge is 2.31. The summed E-state index contributed by atoms with van der Waals surface area (Å²) in [6.45, 7) is 1.68. The van der Waals surface area contributed by atoms with Crippen LogP contribution in [-0.4, -0.2) is 26.0 Å². The second kappa shape index (κ2) is 5.97. The van der Waals surface area contributed by atoms with Crippen molar-refractivity contribution in [2.45, 2.75) is 24.0 Å². The molecule has 4 nitrogen and oxygen atoms in total. The molecule has 0 saturated carbocycles. The SMILES string of the molecule is O=S(=O)(NC1CCN1Cc1ccccc1)c1ccccc1. The van der Waals surface area contributed by atoms with E-state index in [9.17, 15) is 8.42 Å². The molecule has 1 aliphatic heterocycles. The standard InChI is InChI=1S/C16H18N2O2S/c19-21(20,15-9-5-2-6-10-15)17-16-11-12-18(16)13-14-7-3-1-4-8-14/h1-10,16-17H,11-13H2. The molecule has 1 heterocycles. The van der Waals surface area contributed by atoms with Crippen molar-refractivity contribution < 1.29 is 8.42 Å². The molecular formula is C16H18N2O2S. The van der Waals surface area contributed by atoms with Gasteiger partial charge in [0.05, 0.1) is 11.1 Å². The van der Waals surface area contributed by atoms with Gasteiger partial charge in [0.1, 0.15) is 0 Å². The number of benzene rings is 2. The van der Waals surface area contributed by atoms with Gasteiger partial charge in [-0.05, 0) is 24.1 Å². The predicted molar refractivity (Wildman–Crippen MR) is 82.0 cm³/mol. The molecule has 1 atom stereocenters. The van der Waals surface area contributed by atoms with Gasteiger partial charge in [0.2, 0.25) is 10.0 Å². The first-order valence-electron chi connectivity index (χ1n) is 7.00. The molecule has 3 rings (SSSR count). The van der Waals surface area contributed by atoms with Crippen LogP contribution in [0.2, 0.25) is 0 Å². The lowest BCUT2D eigenvalue weighted by Crippen LogP contribution is -2.56. The number of sulfonamides is 1. The van der Waals surface area contributed by atoms with Gasteiger partial charge in [-0.2, -0.15) is 4.72 Å². The van der Waals surface area contributed by atoms with Crippen molar-refractivity contribution in [2.24, 2.45) is 0 Å². The molecule has 0 spiro atoms. The van der Waals surface area contributed by atoms with Crippen molar-refractivity contribution in [3.8, 4) is 0 Å². The third-order valence-electron chi connectivity index (χ3n) is 3.70. The lowest BCUT2D eigenvalue weighted by atomic mass is 10.1. The Labute approximate surface area is 125 Å². The fourth-order valence-corrected chi connectivity index (χ4v) is 3.70. The number of hydrogen-bond donors (Lipinski definition) is 1. The summed E-state index contributed by atoms with van der Waals surface area (Å²) in [4.78, 5) is 2.45. The van der Waals surface area contributed by atoms with Crippen LogP contribution in [0.15, 0.2) is 65.6 Å². The molecule has 1 saturated heterocycles. The molecule has 0 radical (unpaired) electrons. The molecule has 0 amide bonds. The monoisotopic (exact) mass is 302 g/mol. The Morgan fingerprint density at radius 3 is 2.19 bits per heavy atom. The van der Waals surface area contributed by atoms with Crippen LogP contribution in [0.25, 0.3) is 0 Å². The first kappa shape index (κ1) is 14.3. The van der Waals surface area contributed by atoms with E-state index in [4.69, 9.17) is 0 Å². The second-order valence-corrected chi connectivity index (χ2v) is 6.91. The maximum atomic E-state index is 12.3. The first-order valence-corrected chi connectivity index (χ1v) is 8.49. The zero-order valence-corrected chi connectivity index (χ0v) is 12.5. The van der Waals surface area contributed by atoms with Gasteiger partial charge in [-0.3, -0.25) is 4.90 Å². The van der Waals surface area contributed by atoms with Gasteiger partial charge in [-0.1, -0.05) is 48.5 Å². The largest absolute Gasteiger partial charge is 0.283 e. The van der Waals surface area contributed by atoms with Crippen molar-refractivity contribution in [2.75, 3.05) is 6.54 Å². The number of likely N-dealkylation sites (tertiary alicyclic amines) is 1. The van der Waals surface area contributed by atoms with Gasteiger partial charge in [0.15, 0.2) is 0 Å². The van der Waals surface area contributed by atoms with Crippen LogP contribution < -0.4 is 4.72 Å². The molecule has 5 heteroatoms. The highest BCUT2D eigenvalue weighted by Crippen LogP contribution is 2.20. The van der Waals surface area contributed by atoms with Gasteiger partial charge in [0, 0.05) is 13.1 Å². The predicted octanol–water partition coefficient (Wildman–Crippen LogP) is 2.20. The molecule has 0 aliphatic carbocycles. The summed E-state index contributed by atoms with van der Waals surface area (Å²) in [5.74, 6) is 0. The average Bonchev–Trinajstić information content (AvgIpc) is 2.51. The summed E-state index contributed by atoms with van der Waals surface area (Å²) < 4.78 is 27.4. The van der Waals surface area contributed by atoms with Crippen LogP contribution in [-0.2, 0) is 16.6 Å². The Hall–Kier alpha value is -1.69. The molecule has 0 aromatic heterocycles. The normalized spacial score (nSPS) is 19.1. The summed E-state index contributed by atoms with van der Waals surface area (Å²) in [5, 5.41) is 0. The Morgan fingerprint density at radius 1 is 1.00 bits per heavy atom. The summed E-state index contributed by atoms with van der Waals surface area (Å²) in [7, 11) is -3.44. The second-order valence-electron chi connectivity index (χ2n) is 5.19. The minimum atomic E-state index is -3.44. The zero-order valence-electron chi connectivity index (χ0n) is 11.6. The van der Waals surface area contributed by atoms with E-state index in [1.54, 1.807) is 24.3 Å². The molecular weight excluding hydrogens is 284 g/mol. The van der Waals surface area contributed by atoms with E-state index >= 15 is 0 Å². The van der Waals surface area contributed by atoms with Crippen molar-refractivity contribution in [3.05, 3.63) is 66.2 Å². The van der Waals surface area contributed by atoms with Crippen LogP contribution in [0.4, 0.5) is 0 Å². The third kappa shape index (κ3) is 3.32. The Morgan fingerprint density at radius 2 is 1.62 bits per heavy atom. The maximum absolute atomic E-state index is 12.3. The molecule has 2 aromatic carbocycles. The van der Waals surface area contributed by atoms with Crippen molar-refractivity contribution in [1.82, 2.24) is 9.62 Å². The molecule has 2 aromatic rings. The quantitative estimate of drug-likeness (QED) is 0.921. The van der Waals surface area contributed by atoms with E-state index in [0.29, 0.717) is 4.90 Å². The highest BCUT2D eigenvalue weighted by atomic mass is 32.2. The minimum absolute atomic E-state index is 0.115. The molecule has 1 aliphatic rings. The highest BCUT2D eigenvalue weighted by molar-refractivity contribution is 7.89. The Kier molecular flexibility index (Phi) is 4.05.